The van der Waals surface area contributed by atoms with E-state index in [4.69, 9.17) is 5.73 Å². The van der Waals surface area contributed by atoms with E-state index in [1.54, 1.807) is 23.9 Å². The van der Waals surface area contributed by atoms with E-state index in [2.05, 4.69) is 17.2 Å². The highest BCUT2D eigenvalue weighted by Crippen LogP contribution is 2.10. The van der Waals surface area contributed by atoms with Crippen LogP contribution < -0.4 is 11.1 Å². The largest absolute Gasteiger partial charge is 0.352 e. The van der Waals surface area contributed by atoms with Crippen molar-refractivity contribution in [3.8, 4) is 11.8 Å². The molecule has 102 valence electrons. The Labute approximate surface area is 117 Å². The normalized spacial score (nSPS) is 9.63. The number of hydrogen-bond acceptors (Lipinski definition) is 3. The van der Waals surface area contributed by atoms with E-state index in [1.807, 2.05) is 6.26 Å². The Morgan fingerprint density at radius 3 is 3.00 bits per heavy atom. The predicted molar refractivity (Wildman–Crippen MR) is 77.2 cm³/mol. The van der Waals surface area contributed by atoms with Gasteiger partial charge >= 0.3 is 0 Å². The molecule has 19 heavy (non-hydrogen) atoms. The summed E-state index contributed by atoms with van der Waals surface area (Å²) in [5, 5.41) is 2.69. The van der Waals surface area contributed by atoms with Gasteiger partial charge in [-0.2, -0.15) is 11.8 Å². The molecule has 0 atom stereocenters. The third-order valence-corrected chi connectivity index (χ3v) is 3.00. The number of benzene rings is 1. The Balaban J connectivity index is 2.64. The molecule has 1 aromatic carbocycles. The van der Waals surface area contributed by atoms with Crippen LogP contribution in [-0.4, -0.2) is 24.5 Å². The van der Waals surface area contributed by atoms with E-state index in [0.717, 1.165) is 5.75 Å². The van der Waals surface area contributed by atoms with Gasteiger partial charge in [0.2, 0.25) is 5.91 Å². The molecule has 0 fully saturated rings. The molecule has 0 saturated carbocycles. The third-order valence-electron chi connectivity index (χ3n) is 2.39. The molecular weight excluding hydrogens is 263 g/mol. The number of nitrogens with two attached hydrogens (primary N) is 1. The van der Waals surface area contributed by atoms with Crippen LogP contribution in [0.25, 0.3) is 0 Å². The maximum Gasteiger partial charge on any atom is 0.221 e. The number of nitrogens with one attached hydrogen (secondary N) is 1. The molecule has 1 rings (SSSR count). The summed E-state index contributed by atoms with van der Waals surface area (Å²) >= 11 is 1.60. The van der Waals surface area contributed by atoms with Gasteiger partial charge in [0.1, 0.15) is 5.82 Å². The summed E-state index contributed by atoms with van der Waals surface area (Å²) in [6, 6.07) is 4.58. The fourth-order valence-corrected chi connectivity index (χ4v) is 1.81. The van der Waals surface area contributed by atoms with Crippen molar-refractivity contribution in [1.29, 1.82) is 0 Å². The monoisotopic (exact) mass is 280 g/mol. The van der Waals surface area contributed by atoms with Gasteiger partial charge < -0.3 is 11.1 Å². The summed E-state index contributed by atoms with van der Waals surface area (Å²) in [5.74, 6) is 5.88. The van der Waals surface area contributed by atoms with Gasteiger partial charge in [-0.3, -0.25) is 4.79 Å². The number of rotatable bonds is 5. The fourth-order valence-electron chi connectivity index (χ4n) is 1.42. The lowest BCUT2D eigenvalue weighted by Crippen LogP contribution is -2.23. The lowest BCUT2D eigenvalue weighted by Gasteiger charge is -2.06. The molecule has 1 aromatic rings. The average Bonchev–Trinajstić information content (AvgIpc) is 2.42. The Morgan fingerprint density at radius 1 is 1.53 bits per heavy atom. The second kappa shape index (κ2) is 8.57. The average molecular weight is 280 g/mol. The van der Waals surface area contributed by atoms with E-state index in [9.17, 15) is 9.18 Å². The van der Waals surface area contributed by atoms with Crippen LogP contribution in [0.5, 0.6) is 0 Å². The Bertz CT molecular complexity index is 494. The van der Waals surface area contributed by atoms with Crippen LogP contribution in [0.1, 0.15) is 17.5 Å². The van der Waals surface area contributed by atoms with Crippen LogP contribution >= 0.6 is 11.8 Å². The van der Waals surface area contributed by atoms with E-state index < -0.39 is 0 Å². The van der Waals surface area contributed by atoms with E-state index in [1.165, 1.54) is 6.07 Å². The number of thioether (sulfide) groups is 1. The quantitative estimate of drug-likeness (QED) is 0.804. The van der Waals surface area contributed by atoms with Crippen LogP contribution in [0.2, 0.25) is 0 Å². The zero-order valence-corrected chi connectivity index (χ0v) is 11.6. The van der Waals surface area contributed by atoms with Crippen LogP contribution in [0, 0.1) is 17.7 Å². The zero-order chi connectivity index (χ0) is 14.1. The summed E-state index contributed by atoms with van der Waals surface area (Å²) < 4.78 is 13.6. The molecule has 0 heterocycles. The standard InChI is InChI=1S/C14H17FN2OS/c1-19-8-6-14(18)17-10-12-9-11(3-2-7-16)4-5-13(12)15/h4-5,9H,6-8,10,16H2,1H3,(H,17,18). The SMILES string of the molecule is CSCCC(=O)NCc1cc(C#CCN)ccc1F. The van der Waals surface area contributed by atoms with Crippen LogP contribution in [0.15, 0.2) is 18.2 Å². The first-order chi connectivity index (χ1) is 9.17. The second-order valence-corrected chi connectivity index (χ2v) is 4.82. The summed E-state index contributed by atoms with van der Waals surface area (Å²) in [6.07, 6.45) is 2.38. The maximum absolute atomic E-state index is 13.6. The first kappa shape index (κ1) is 15.5. The molecule has 0 aliphatic rings. The van der Waals surface area contributed by atoms with Gasteiger partial charge in [0.05, 0.1) is 6.54 Å². The molecule has 0 spiro atoms. The fraction of sp³-hybridized carbons (Fsp3) is 0.357. The van der Waals surface area contributed by atoms with Crippen molar-refractivity contribution in [2.24, 2.45) is 5.73 Å². The van der Waals surface area contributed by atoms with Crippen molar-refractivity contribution in [3.63, 3.8) is 0 Å². The highest BCUT2D eigenvalue weighted by atomic mass is 32.2. The third kappa shape index (κ3) is 5.77. The van der Waals surface area contributed by atoms with Gasteiger partial charge in [-0.1, -0.05) is 11.8 Å². The molecule has 0 saturated heterocycles. The Kier molecular flexibility index (Phi) is 7.01. The minimum atomic E-state index is -0.344. The van der Waals surface area contributed by atoms with Crippen molar-refractivity contribution in [2.45, 2.75) is 13.0 Å². The minimum absolute atomic E-state index is 0.0767. The maximum atomic E-state index is 13.6. The van der Waals surface area contributed by atoms with Crippen molar-refractivity contribution >= 4 is 17.7 Å². The van der Waals surface area contributed by atoms with Gasteiger partial charge in [0, 0.05) is 29.8 Å². The van der Waals surface area contributed by atoms with Gasteiger partial charge in [-0.25, -0.2) is 4.39 Å². The van der Waals surface area contributed by atoms with E-state index in [-0.39, 0.29) is 24.8 Å². The summed E-state index contributed by atoms with van der Waals surface area (Å²) in [4.78, 5) is 11.5. The summed E-state index contributed by atoms with van der Waals surface area (Å²) in [7, 11) is 0. The minimum Gasteiger partial charge on any atom is -0.352 e. The lowest BCUT2D eigenvalue weighted by molar-refractivity contribution is -0.120. The van der Waals surface area contributed by atoms with Crippen LogP contribution in [0.4, 0.5) is 4.39 Å². The number of carbonyl (C=O) groups excluding carboxylic acids is 1. The molecule has 0 aliphatic heterocycles. The predicted octanol–water partition coefficient (Wildman–Crippen LogP) is 1.51. The molecule has 0 unspecified atom stereocenters. The highest BCUT2D eigenvalue weighted by Gasteiger charge is 2.05. The van der Waals surface area contributed by atoms with Gasteiger partial charge in [0.25, 0.3) is 0 Å². The molecule has 0 aromatic heterocycles. The van der Waals surface area contributed by atoms with Crippen molar-refractivity contribution in [2.75, 3.05) is 18.6 Å². The number of halogens is 1. The Morgan fingerprint density at radius 2 is 2.32 bits per heavy atom. The first-order valence-electron chi connectivity index (χ1n) is 5.90. The summed E-state index contributed by atoms with van der Waals surface area (Å²) in [5.41, 5.74) is 6.41. The number of carbonyl (C=O) groups is 1. The molecule has 5 heteroatoms. The number of hydrogen-bond donors (Lipinski definition) is 2. The molecule has 0 bridgehead atoms. The molecule has 1 amide bonds. The van der Waals surface area contributed by atoms with Gasteiger partial charge in [-0.15, -0.1) is 0 Å². The highest BCUT2D eigenvalue weighted by molar-refractivity contribution is 7.98. The smallest absolute Gasteiger partial charge is 0.221 e. The van der Waals surface area contributed by atoms with Crippen molar-refractivity contribution < 1.29 is 9.18 Å². The molecular formula is C14H17FN2OS. The van der Waals surface area contributed by atoms with Gasteiger partial charge in [0.15, 0.2) is 0 Å². The van der Waals surface area contributed by atoms with Crippen LogP contribution in [-0.2, 0) is 11.3 Å². The van der Waals surface area contributed by atoms with Gasteiger partial charge in [-0.05, 0) is 24.5 Å². The molecule has 0 radical (unpaired) electrons. The van der Waals surface area contributed by atoms with Crippen LogP contribution in [0.3, 0.4) is 0 Å². The first-order valence-corrected chi connectivity index (χ1v) is 7.29. The summed E-state index contributed by atoms with van der Waals surface area (Å²) in [6.45, 7) is 0.440. The molecule has 3 nitrogen and oxygen atoms in total. The molecule has 0 aliphatic carbocycles. The second-order valence-electron chi connectivity index (χ2n) is 3.83. The zero-order valence-electron chi connectivity index (χ0n) is 10.8. The van der Waals surface area contributed by atoms with E-state index >= 15 is 0 Å². The van der Waals surface area contributed by atoms with Crippen molar-refractivity contribution in [1.82, 2.24) is 5.32 Å². The van der Waals surface area contributed by atoms with Crippen molar-refractivity contribution in [3.05, 3.63) is 35.1 Å². The lowest BCUT2D eigenvalue weighted by atomic mass is 10.1. The molecule has 3 N–H and O–H groups in total. The topological polar surface area (TPSA) is 55.1 Å². The van der Waals surface area contributed by atoms with E-state index in [0.29, 0.717) is 17.5 Å². The number of amides is 1. The Hall–Kier alpha value is -1.51.